The fraction of sp³-hybridized carbons (Fsp3) is 0.333. The van der Waals surface area contributed by atoms with Gasteiger partial charge in [0.05, 0.1) is 6.04 Å². The molecule has 5 N–H and O–H groups in total. The van der Waals surface area contributed by atoms with E-state index in [0.717, 1.165) is 19.4 Å². The molecule has 1 aromatic carbocycles. The van der Waals surface area contributed by atoms with Crippen molar-refractivity contribution in [2.24, 2.45) is 5.73 Å². The summed E-state index contributed by atoms with van der Waals surface area (Å²) in [5.74, 6) is -0.0249. The maximum Gasteiger partial charge on any atom is 0.316 e. The van der Waals surface area contributed by atoms with Gasteiger partial charge in [-0.1, -0.05) is 0 Å². The van der Waals surface area contributed by atoms with Crippen LogP contribution in [-0.4, -0.2) is 24.5 Å². The molecule has 7 heteroatoms. The van der Waals surface area contributed by atoms with E-state index in [1.54, 1.807) is 24.3 Å². The molecule has 1 saturated heterocycles. The molecule has 0 spiro atoms. The molecule has 1 unspecified atom stereocenters. The summed E-state index contributed by atoms with van der Waals surface area (Å²) < 4.78 is 0. The zero-order valence-electron chi connectivity index (χ0n) is 10.3. The molecule has 0 saturated carbocycles. The number of carbonyl (C=O) groups is 2. The highest BCUT2D eigenvalue weighted by atomic mass is 35.5. The summed E-state index contributed by atoms with van der Waals surface area (Å²) in [5, 5.41) is 8.40. The Hall–Kier alpha value is -1.79. The van der Waals surface area contributed by atoms with Gasteiger partial charge in [-0.05, 0) is 43.7 Å². The topological polar surface area (TPSA) is 96.2 Å². The van der Waals surface area contributed by atoms with Crippen molar-refractivity contribution in [1.29, 1.82) is 0 Å². The lowest BCUT2D eigenvalue weighted by atomic mass is 10.2. The molecular weight excluding hydrogens is 268 g/mol. The molecule has 0 radical (unpaired) electrons. The number of halogens is 1. The van der Waals surface area contributed by atoms with E-state index in [1.165, 1.54) is 0 Å². The quantitative estimate of drug-likeness (QED) is 0.673. The van der Waals surface area contributed by atoms with E-state index in [-0.39, 0.29) is 24.4 Å². The van der Waals surface area contributed by atoms with Crippen LogP contribution in [0, 0.1) is 0 Å². The van der Waals surface area contributed by atoms with Crippen molar-refractivity contribution < 1.29 is 9.59 Å². The standard InChI is InChI=1S/C12H16N4O2.ClH/c13-12(18)16-9-5-3-8(4-6-9)15-11(17)10-2-1-7-14-10;/h3-6,10,14H,1-2,7H2,(H,15,17)(H3,13,16,18);1H. The second kappa shape index (κ2) is 6.96. The minimum absolute atomic E-state index is 0. The van der Waals surface area contributed by atoms with Crippen LogP contribution in [0.15, 0.2) is 24.3 Å². The number of benzene rings is 1. The predicted octanol–water partition coefficient (Wildman–Crippen LogP) is 1.29. The third kappa shape index (κ3) is 4.42. The molecule has 1 atom stereocenters. The minimum Gasteiger partial charge on any atom is -0.351 e. The van der Waals surface area contributed by atoms with Crippen molar-refractivity contribution in [3.05, 3.63) is 24.3 Å². The van der Waals surface area contributed by atoms with E-state index < -0.39 is 6.03 Å². The Labute approximate surface area is 117 Å². The lowest BCUT2D eigenvalue weighted by Gasteiger charge is -2.11. The number of rotatable bonds is 3. The van der Waals surface area contributed by atoms with E-state index in [0.29, 0.717) is 11.4 Å². The van der Waals surface area contributed by atoms with Gasteiger partial charge in [-0.2, -0.15) is 0 Å². The molecule has 104 valence electrons. The van der Waals surface area contributed by atoms with Gasteiger partial charge in [0.2, 0.25) is 5.91 Å². The van der Waals surface area contributed by atoms with Crippen molar-refractivity contribution in [3.8, 4) is 0 Å². The van der Waals surface area contributed by atoms with Gasteiger partial charge in [-0.3, -0.25) is 4.79 Å². The Morgan fingerprint density at radius 2 is 1.74 bits per heavy atom. The lowest BCUT2D eigenvalue weighted by molar-refractivity contribution is -0.117. The monoisotopic (exact) mass is 284 g/mol. The van der Waals surface area contributed by atoms with Crippen LogP contribution >= 0.6 is 12.4 Å². The molecule has 3 amide bonds. The van der Waals surface area contributed by atoms with Crippen LogP contribution in [0.4, 0.5) is 16.2 Å². The van der Waals surface area contributed by atoms with Gasteiger partial charge in [0.25, 0.3) is 0 Å². The molecule has 1 aliphatic rings. The summed E-state index contributed by atoms with van der Waals surface area (Å²) in [6.07, 6.45) is 1.90. The first kappa shape index (κ1) is 15.3. The molecular formula is C12H17ClN4O2. The molecule has 2 rings (SSSR count). The molecule has 1 fully saturated rings. The number of nitrogens with one attached hydrogen (secondary N) is 3. The van der Waals surface area contributed by atoms with Gasteiger partial charge >= 0.3 is 6.03 Å². The summed E-state index contributed by atoms with van der Waals surface area (Å²) in [6, 6.07) is 6.09. The molecule has 0 bridgehead atoms. The van der Waals surface area contributed by atoms with Gasteiger partial charge in [0.15, 0.2) is 0 Å². The fourth-order valence-electron chi connectivity index (χ4n) is 1.92. The van der Waals surface area contributed by atoms with E-state index in [2.05, 4.69) is 16.0 Å². The van der Waals surface area contributed by atoms with Crippen LogP contribution in [0.5, 0.6) is 0 Å². The van der Waals surface area contributed by atoms with Crippen molar-refractivity contribution in [3.63, 3.8) is 0 Å². The molecule has 0 aromatic heterocycles. The average Bonchev–Trinajstić information content (AvgIpc) is 2.84. The highest BCUT2D eigenvalue weighted by Crippen LogP contribution is 2.14. The molecule has 1 heterocycles. The highest BCUT2D eigenvalue weighted by Gasteiger charge is 2.21. The van der Waals surface area contributed by atoms with Crippen LogP contribution in [-0.2, 0) is 4.79 Å². The Kier molecular flexibility index (Phi) is 5.59. The van der Waals surface area contributed by atoms with Gasteiger partial charge in [-0.15, -0.1) is 12.4 Å². The normalized spacial score (nSPS) is 17.4. The number of hydrogen-bond donors (Lipinski definition) is 4. The lowest BCUT2D eigenvalue weighted by Crippen LogP contribution is -2.35. The van der Waals surface area contributed by atoms with Crippen LogP contribution in [0.3, 0.4) is 0 Å². The zero-order valence-corrected chi connectivity index (χ0v) is 11.1. The van der Waals surface area contributed by atoms with Crippen molar-refractivity contribution in [1.82, 2.24) is 5.32 Å². The number of nitrogens with two attached hydrogens (primary N) is 1. The number of carbonyl (C=O) groups excluding carboxylic acids is 2. The molecule has 0 aliphatic carbocycles. The fourth-order valence-corrected chi connectivity index (χ4v) is 1.92. The van der Waals surface area contributed by atoms with Gasteiger partial charge in [-0.25, -0.2) is 4.79 Å². The number of primary amides is 1. The Bertz CT molecular complexity index is 444. The number of urea groups is 1. The smallest absolute Gasteiger partial charge is 0.316 e. The van der Waals surface area contributed by atoms with Gasteiger partial charge in [0, 0.05) is 11.4 Å². The van der Waals surface area contributed by atoms with Gasteiger partial charge in [0.1, 0.15) is 0 Å². The zero-order chi connectivity index (χ0) is 13.0. The average molecular weight is 285 g/mol. The largest absolute Gasteiger partial charge is 0.351 e. The predicted molar refractivity (Wildman–Crippen MR) is 76.6 cm³/mol. The van der Waals surface area contributed by atoms with Crippen molar-refractivity contribution in [2.45, 2.75) is 18.9 Å². The summed E-state index contributed by atoms with van der Waals surface area (Å²) in [7, 11) is 0. The summed E-state index contributed by atoms with van der Waals surface area (Å²) >= 11 is 0. The molecule has 19 heavy (non-hydrogen) atoms. The summed E-state index contributed by atoms with van der Waals surface area (Å²) in [5.41, 5.74) is 6.29. The third-order valence-electron chi connectivity index (χ3n) is 2.80. The minimum atomic E-state index is -0.609. The van der Waals surface area contributed by atoms with E-state index in [1.807, 2.05) is 0 Å². The van der Waals surface area contributed by atoms with Crippen molar-refractivity contribution in [2.75, 3.05) is 17.2 Å². The first-order valence-corrected chi connectivity index (χ1v) is 5.86. The number of amides is 3. The molecule has 1 aromatic rings. The van der Waals surface area contributed by atoms with Crippen LogP contribution in [0.1, 0.15) is 12.8 Å². The van der Waals surface area contributed by atoms with Crippen LogP contribution in [0.25, 0.3) is 0 Å². The second-order valence-corrected chi connectivity index (χ2v) is 4.20. The number of anilines is 2. The maximum atomic E-state index is 11.8. The Balaban J connectivity index is 0.00000180. The third-order valence-corrected chi connectivity index (χ3v) is 2.80. The number of hydrogen-bond acceptors (Lipinski definition) is 3. The first-order chi connectivity index (χ1) is 8.65. The van der Waals surface area contributed by atoms with Crippen molar-refractivity contribution >= 4 is 35.7 Å². The van der Waals surface area contributed by atoms with Crippen LogP contribution < -0.4 is 21.7 Å². The second-order valence-electron chi connectivity index (χ2n) is 4.20. The highest BCUT2D eigenvalue weighted by molar-refractivity contribution is 5.95. The maximum absolute atomic E-state index is 11.8. The van der Waals surface area contributed by atoms with Crippen LogP contribution in [0.2, 0.25) is 0 Å². The Morgan fingerprint density at radius 3 is 2.21 bits per heavy atom. The summed E-state index contributed by atoms with van der Waals surface area (Å²) in [6.45, 7) is 0.888. The summed E-state index contributed by atoms with van der Waals surface area (Å²) in [4.78, 5) is 22.5. The van der Waals surface area contributed by atoms with E-state index in [9.17, 15) is 9.59 Å². The Morgan fingerprint density at radius 1 is 1.16 bits per heavy atom. The van der Waals surface area contributed by atoms with Gasteiger partial charge < -0.3 is 21.7 Å². The SMILES string of the molecule is Cl.NC(=O)Nc1ccc(NC(=O)C2CCCN2)cc1. The molecule has 6 nitrogen and oxygen atoms in total. The first-order valence-electron chi connectivity index (χ1n) is 5.86. The molecule has 1 aliphatic heterocycles. The van der Waals surface area contributed by atoms with E-state index in [4.69, 9.17) is 5.73 Å². The van der Waals surface area contributed by atoms with E-state index >= 15 is 0 Å².